The largest absolute Gasteiger partial charge is 0.337 e. The second kappa shape index (κ2) is 8.12. The maximum Gasteiger partial charge on any atom is 0.237 e. The number of carbonyl (C=O) groups excluding carboxylic acids is 1. The maximum absolute atomic E-state index is 12.7. The van der Waals surface area contributed by atoms with E-state index in [1.165, 1.54) is 17.3 Å². The van der Waals surface area contributed by atoms with Crippen LogP contribution < -0.4 is 4.90 Å². The van der Waals surface area contributed by atoms with E-state index in [2.05, 4.69) is 35.3 Å². The number of nitrogens with one attached hydrogen (secondary N) is 1. The summed E-state index contributed by atoms with van der Waals surface area (Å²) in [7, 11) is 0. The predicted molar refractivity (Wildman–Crippen MR) is 103 cm³/mol. The Hall–Kier alpha value is -1.40. The van der Waals surface area contributed by atoms with Gasteiger partial charge < -0.3 is 9.88 Å². The number of anilines is 1. The van der Waals surface area contributed by atoms with Crippen molar-refractivity contribution in [3.05, 3.63) is 41.2 Å². The van der Waals surface area contributed by atoms with Gasteiger partial charge in [0, 0.05) is 24.3 Å². The second-order valence-electron chi connectivity index (χ2n) is 5.92. The molecule has 6 heteroatoms. The summed E-state index contributed by atoms with van der Waals surface area (Å²) in [6, 6.07) is 8.22. The van der Waals surface area contributed by atoms with Crippen molar-refractivity contribution < 1.29 is 4.79 Å². The maximum atomic E-state index is 12.7. The number of H-pyrrole nitrogens is 1. The van der Waals surface area contributed by atoms with Crippen LogP contribution >= 0.6 is 23.5 Å². The van der Waals surface area contributed by atoms with E-state index in [1.54, 1.807) is 0 Å². The Kier molecular flexibility index (Phi) is 5.89. The van der Waals surface area contributed by atoms with Gasteiger partial charge in [-0.15, -0.1) is 0 Å². The lowest BCUT2D eigenvalue weighted by atomic mass is 10.0. The molecule has 1 amide bonds. The number of aromatic nitrogens is 2. The van der Waals surface area contributed by atoms with E-state index in [0.717, 1.165) is 53.8 Å². The van der Waals surface area contributed by atoms with Gasteiger partial charge in [0.1, 0.15) is 0 Å². The minimum Gasteiger partial charge on any atom is -0.337 e. The van der Waals surface area contributed by atoms with Crippen LogP contribution in [0.15, 0.2) is 29.4 Å². The highest BCUT2D eigenvalue weighted by atomic mass is 32.2. The monoisotopic (exact) mass is 361 g/mol. The Morgan fingerprint density at radius 1 is 1.38 bits per heavy atom. The third kappa shape index (κ3) is 3.98. The number of imidazole rings is 1. The molecule has 0 atom stereocenters. The first-order valence-electron chi connectivity index (χ1n) is 8.24. The Balaban J connectivity index is 1.62. The highest BCUT2D eigenvalue weighted by Crippen LogP contribution is 2.28. The van der Waals surface area contributed by atoms with Crippen LogP contribution in [0.3, 0.4) is 0 Å². The first kappa shape index (κ1) is 17.4. The summed E-state index contributed by atoms with van der Waals surface area (Å²) in [6.07, 6.45) is 5.17. The molecule has 0 bridgehead atoms. The first-order valence-corrected chi connectivity index (χ1v) is 10.6. The van der Waals surface area contributed by atoms with Crippen molar-refractivity contribution >= 4 is 35.1 Å². The summed E-state index contributed by atoms with van der Waals surface area (Å²) < 4.78 is 0. The molecule has 3 rings (SSSR count). The van der Waals surface area contributed by atoms with Crippen molar-refractivity contribution in [3.8, 4) is 0 Å². The lowest BCUT2D eigenvalue weighted by Crippen LogP contribution is -2.36. The SMILES string of the molecule is CSCCc1nc(SCC(=O)N2CCCc3ccccc32)[nH]c1C. The van der Waals surface area contributed by atoms with Crippen LogP contribution in [0.25, 0.3) is 0 Å². The van der Waals surface area contributed by atoms with Gasteiger partial charge in [0.05, 0.1) is 11.4 Å². The van der Waals surface area contributed by atoms with Crippen LogP contribution in [0.4, 0.5) is 5.69 Å². The highest BCUT2D eigenvalue weighted by molar-refractivity contribution is 7.99. The number of carbonyl (C=O) groups is 1. The van der Waals surface area contributed by atoms with E-state index in [9.17, 15) is 4.79 Å². The summed E-state index contributed by atoms with van der Waals surface area (Å²) in [5.41, 5.74) is 4.57. The van der Waals surface area contributed by atoms with Crippen LogP contribution in [0.5, 0.6) is 0 Å². The molecule has 0 aliphatic carbocycles. The van der Waals surface area contributed by atoms with Gasteiger partial charge in [0.25, 0.3) is 0 Å². The van der Waals surface area contributed by atoms with E-state index in [4.69, 9.17) is 0 Å². The zero-order valence-electron chi connectivity index (χ0n) is 14.2. The summed E-state index contributed by atoms with van der Waals surface area (Å²) in [6.45, 7) is 2.86. The molecule has 1 aromatic heterocycles. The lowest BCUT2D eigenvalue weighted by molar-refractivity contribution is -0.116. The molecule has 24 heavy (non-hydrogen) atoms. The average Bonchev–Trinajstić information content (AvgIpc) is 2.97. The third-order valence-electron chi connectivity index (χ3n) is 4.25. The number of benzene rings is 1. The summed E-state index contributed by atoms with van der Waals surface area (Å²) in [4.78, 5) is 22.5. The Morgan fingerprint density at radius 2 is 2.21 bits per heavy atom. The quantitative estimate of drug-likeness (QED) is 0.797. The Labute approximate surface area is 151 Å². The molecule has 2 heterocycles. The summed E-state index contributed by atoms with van der Waals surface area (Å²) in [5.74, 6) is 1.65. The second-order valence-corrected chi connectivity index (χ2v) is 7.87. The Morgan fingerprint density at radius 3 is 3.04 bits per heavy atom. The number of aromatic amines is 1. The van der Waals surface area contributed by atoms with Gasteiger partial charge in [-0.25, -0.2) is 4.98 Å². The first-order chi connectivity index (χ1) is 11.7. The van der Waals surface area contributed by atoms with Crippen LogP contribution in [0.1, 0.15) is 23.4 Å². The van der Waals surface area contributed by atoms with E-state index in [1.807, 2.05) is 28.8 Å². The number of hydrogen-bond donors (Lipinski definition) is 1. The highest BCUT2D eigenvalue weighted by Gasteiger charge is 2.22. The van der Waals surface area contributed by atoms with E-state index in [-0.39, 0.29) is 5.91 Å². The van der Waals surface area contributed by atoms with E-state index < -0.39 is 0 Å². The molecular formula is C18H23N3OS2. The number of para-hydroxylation sites is 1. The van der Waals surface area contributed by atoms with Crippen LogP contribution in [0, 0.1) is 6.92 Å². The smallest absolute Gasteiger partial charge is 0.237 e. The molecule has 0 spiro atoms. The molecule has 0 saturated heterocycles. The zero-order chi connectivity index (χ0) is 16.9. The molecule has 128 valence electrons. The van der Waals surface area contributed by atoms with Crippen molar-refractivity contribution in [3.63, 3.8) is 0 Å². The molecule has 1 aliphatic rings. The van der Waals surface area contributed by atoms with Crippen LogP contribution in [-0.2, 0) is 17.6 Å². The Bertz CT molecular complexity index is 714. The molecule has 0 unspecified atom stereocenters. The third-order valence-corrected chi connectivity index (χ3v) is 5.72. The van der Waals surface area contributed by atoms with Gasteiger partial charge in [0.15, 0.2) is 5.16 Å². The number of fused-ring (bicyclic) bond motifs is 1. The molecule has 4 nitrogen and oxygen atoms in total. The van der Waals surface area contributed by atoms with Crippen molar-refractivity contribution in [1.82, 2.24) is 9.97 Å². The lowest BCUT2D eigenvalue weighted by Gasteiger charge is -2.29. The van der Waals surface area contributed by atoms with Gasteiger partial charge in [-0.05, 0) is 43.4 Å². The van der Waals surface area contributed by atoms with Crippen molar-refractivity contribution in [2.45, 2.75) is 31.3 Å². The average molecular weight is 362 g/mol. The fourth-order valence-electron chi connectivity index (χ4n) is 2.98. The zero-order valence-corrected chi connectivity index (χ0v) is 15.8. The van der Waals surface area contributed by atoms with Gasteiger partial charge >= 0.3 is 0 Å². The number of thioether (sulfide) groups is 2. The molecule has 1 aliphatic heterocycles. The standard InChI is InChI=1S/C18H23N3OS2/c1-13-15(9-11-23-2)20-18(19-13)24-12-17(22)21-10-5-7-14-6-3-4-8-16(14)21/h3-4,6,8H,5,7,9-12H2,1-2H3,(H,19,20). The van der Waals surface area contributed by atoms with Gasteiger partial charge in [-0.1, -0.05) is 30.0 Å². The molecular weight excluding hydrogens is 338 g/mol. The van der Waals surface area contributed by atoms with Crippen LogP contribution in [-0.4, -0.2) is 40.2 Å². The molecule has 0 radical (unpaired) electrons. The summed E-state index contributed by atoms with van der Waals surface area (Å²) in [5, 5.41) is 0.849. The molecule has 2 aromatic rings. The topological polar surface area (TPSA) is 49.0 Å². The number of rotatable bonds is 6. The minimum atomic E-state index is 0.159. The van der Waals surface area contributed by atoms with Crippen LogP contribution in [0.2, 0.25) is 0 Å². The molecule has 1 aromatic carbocycles. The van der Waals surface area contributed by atoms with E-state index in [0.29, 0.717) is 5.75 Å². The number of hydrogen-bond acceptors (Lipinski definition) is 4. The van der Waals surface area contributed by atoms with E-state index >= 15 is 0 Å². The van der Waals surface area contributed by atoms with Crippen molar-refractivity contribution in [1.29, 1.82) is 0 Å². The van der Waals surface area contributed by atoms with Gasteiger partial charge in [-0.2, -0.15) is 11.8 Å². The fourth-order valence-corrected chi connectivity index (χ4v) is 4.19. The normalized spacial score (nSPS) is 13.8. The minimum absolute atomic E-state index is 0.159. The van der Waals surface area contributed by atoms with Crippen molar-refractivity contribution in [2.75, 3.05) is 29.2 Å². The number of aryl methyl sites for hydroxylation is 3. The predicted octanol–water partition coefficient (Wildman–Crippen LogP) is 3.70. The molecule has 1 N–H and O–H groups in total. The number of amides is 1. The fraction of sp³-hybridized carbons (Fsp3) is 0.444. The van der Waals surface area contributed by atoms with Crippen molar-refractivity contribution in [2.24, 2.45) is 0 Å². The molecule has 0 saturated carbocycles. The van der Waals surface area contributed by atoms with Gasteiger partial charge in [-0.3, -0.25) is 4.79 Å². The molecule has 0 fully saturated rings. The van der Waals surface area contributed by atoms with Gasteiger partial charge in [0.2, 0.25) is 5.91 Å². The summed E-state index contributed by atoms with van der Waals surface area (Å²) >= 11 is 3.32. The number of nitrogens with zero attached hydrogens (tertiary/aromatic N) is 2.